The second-order valence-corrected chi connectivity index (χ2v) is 4.88. The van der Waals surface area contributed by atoms with Gasteiger partial charge in [0.2, 0.25) is 0 Å². The number of carbonyl (C=O) groups is 3. The van der Waals surface area contributed by atoms with Gasteiger partial charge in [-0.1, -0.05) is 11.6 Å². The standard InChI is InChI=1S/C15H11ClFNO4/c1-22-15(21)13-4-9(8-19)6-18(13)7-14(20)11-5-10(16)2-3-12(11)17/h2-6,8H,7H2,1H3. The summed E-state index contributed by atoms with van der Waals surface area (Å²) in [7, 11) is 1.18. The van der Waals surface area contributed by atoms with Crippen LogP contribution in [-0.4, -0.2) is 29.7 Å². The number of rotatable bonds is 5. The predicted octanol–water partition coefficient (Wildman–Crippen LogP) is 2.76. The molecule has 0 aliphatic heterocycles. The van der Waals surface area contributed by atoms with Crippen molar-refractivity contribution < 1.29 is 23.5 Å². The molecule has 0 spiro atoms. The van der Waals surface area contributed by atoms with Gasteiger partial charge in [-0.05, 0) is 24.3 Å². The number of aromatic nitrogens is 1. The van der Waals surface area contributed by atoms with Gasteiger partial charge in [-0.25, -0.2) is 9.18 Å². The van der Waals surface area contributed by atoms with Crippen LogP contribution in [0.5, 0.6) is 0 Å². The molecule has 1 heterocycles. The Bertz CT molecular complexity index is 754. The molecular formula is C15H11ClFNO4. The molecule has 2 rings (SSSR count). The van der Waals surface area contributed by atoms with Crippen LogP contribution in [0.1, 0.15) is 31.2 Å². The van der Waals surface area contributed by atoms with E-state index in [4.69, 9.17) is 11.6 Å². The number of nitrogens with zero attached hydrogens (tertiary/aromatic N) is 1. The maximum absolute atomic E-state index is 13.7. The van der Waals surface area contributed by atoms with E-state index in [2.05, 4.69) is 4.74 Å². The molecule has 0 saturated heterocycles. The Labute approximate surface area is 130 Å². The van der Waals surface area contributed by atoms with Crippen molar-refractivity contribution in [2.24, 2.45) is 0 Å². The van der Waals surface area contributed by atoms with E-state index in [0.29, 0.717) is 6.29 Å². The summed E-state index contributed by atoms with van der Waals surface area (Å²) in [4.78, 5) is 34.6. The highest BCUT2D eigenvalue weighted by Crippen LogP contribution is 2.17. The van der Waals surface area contributed by atoms with Crippen molar-refractivity contribution in [3.8, 4) is 0 Å². The lowest BCUT2D eigenvalue weighted by Crippen LogP contribution is -2.16. The Kier molecular flexibility index (Phi) is 4.72. The Morgan fingerprint density at radius 1 is 1.36 bits per heavy atom. The summed E-state index contributed by atoms with van der Waals surface area (Å²) >= 11 is 5.75. The van der Waals surface area contributed by atoms with Gasteiger partial charge in [0.25, 0.3) is 0 Å². The van der Waals surface area contributed by atoms with Gasteiger partial charge < -0.3 is 9.30 Å². The van der Waals surface area contributed by atoms with Gasteiger partial charge in [0.15, 0.2) is 12.1 Å². The molecule has 0 atom stereocenters. The molecule has 7 heteroatoms. The summed E-state index contributed by atoms with van der Waals surface area (Å²) < 4.78 is 19.5. The topological polar surface area (TPSA) is 65.4 Å². The van der Waals surface area contributed by atoms with Crippen molar-refractivity contribution >= 4 is 29.6 Å². The highest BCUT2D eigenvalue weighted by atomic mass is 35.5. The molecule has 0 bridgehead atoms. The number of halogens is 2. The second kappa shape index (κ2) is 6.53. The van der Waals surface area contributed by atoms with Gasteiger partial charge in [-0.15, -0.1) is 0 Å². The molecule has 1 aromatic carbocycles. The fourth-order valence-corrected chi connectivity index (χ4v) is 2.13. The first-order chi connectivity index (χ1) is 10.5. The summed E-state index contributed by atoms with van der Waals surface area (Å²) in [5.74, 6) is -2.00. The number of methoxy groups -OCH3 is 1. The van der Waals surface area contributed by atoms with Crippen LogP contribution in [-0.2, 0) is 11.3 Å². The molecule has 0 amide bonds. The van der Waals surface area contributed by atoms with Crippen LogP contribution in [0.3, 0.4) is 0 Å². The zero-order chi connectivity index (χ0) is 16.3. The number of esters is 1. The number of Topliss-reactive ketones (excluding diaryl/α,β-unsaturated/α-hetero) is 1. The zero-order valence-electron chi connectivity index (χ0n) is 11.5. The highest BCUT2D eigenvalue weighted by molar-refractivity contribution is 6.31. The summed E-state index contributed by atoms with van der Waals surface area (Å²) in [5, 5.41) is 0.221. The van der Waals surface area contributed by atoms with Gasteiger partial charge in [-0.3, -0.25) is 9.59 Å². The van der Waals surface area contributed by atoms with E-state index in [9.17, 15) is 18.8 Å². The van der Waals surface area contributed by atoms with E-state index in [0.717, 1.165) is 6.07 Å². The third-order valence-corrected chi connectivity index (χ3v) is 3.23. The number of ether oxygens (including phenoxy) is 1. The minimum atomic E-state index is -0.711. The van der Waals surface area contributed by atoms with Gasteiger partial charge in [0, 0.05) is 16.8 Å². The van der Waals surface area contributed by atoms with Crippen LogP contribution in [0.4, 0.5) is 4.39 Å². The molecule has 0 fully saturated rings. The van der Waals surface area contributed by atoms with E-state index >= 15 is 0 Å². The van der Waals surface area contributed by atoms with Gasteiger partial charge in [0.1, 0.15) is 11.5 Å². The Morgan fingerprint density at radius 2 is 2.09 bits per heavy atom. The van der Waals surface area contributed by atoms with Gasteiger partial charge in [-0.2, -0.15) is 0 Å². The quantitative estimate of drug-likeness (QED) is 0.482. The van der Waals surface area contributed by atoms with Gasteiger partial charge in [0.05, 0.1) is 19.2 Å². The van der Waals surface area contributed by atoms with E-state index in [-0.39, 0.29) is 28.4 Å². The molecule has 0 unspecified atom stereocenters. The fourth-order valence-electron chi connectivity index (χ4n) is 1.95. The summed E-state index contributed by atoms with van der Waals surface area (Å²) in [6, 6.07) is 4.92. The lowest BCUT2D eigenvalue weighted by atomic mass is 10.1. The van der Waals surface area contributed by atoms with Crippen molar-refractivity contribution in [1.29, 1.82) is 0 Å². The normalized spacial score (nSPS) is 10.3. The lowest BCUT2D eigenvalue weighted by Gasteiger charge is -2.08. The third-order valence-electron chi connectivity index (χ3n) is 2.99. The summed E-state index contributed by atoms with van der Waals surface area (Å²) in [5.41, 5.74) is 0.0461. The monoisotopic (exact) mass is 323 g/mol. The molecule has 114 valence electrons. The average Bonchev–Trinajstić information content (AvgIpc) is 2.91. The van der Waals surface area contributed by atoms with Crippen molar-refractivity contribution in [2.75, 3.05) is 7.11 Å². The molecule has 0 aliphatic carbocycles. The van der Waals surface area contributed by atoms with Gasteiger partial charge >= 0.3 is 5.97 Å². The van der Waals surface area contributed by atoms with Crippen molar-refractivity contribution in [3.63, 3.8) is 0 Å². The van der Waals surface area contributed by atoms with Crippen LogP contribution in [0.2, 0.25) is 5.02 Å². The molecule has 0 saturated carbocycles. The maximum atomic E-state index is 13.7. The lowest BCUT2D eigenvalue weighted by molar-refractivity contribution is 0.0588. The first kappa shape index (κ1) is 15.9. The third kappa shape index (κ3) is 3.23. The molecule has 0 radical (unpaired) electrons. The largest absolute Gasteiger partial charge is 0.464 e. The molecule has 1 aromatic heterocycles. The second-order valence-electron chi connectivity index (χ2n) is 4.44. The summed E-state index contributed by atoms with van der Waals surface area (Å²) in [6.45, 7) is -0.324. The summed E-state index contributed by atoms with van der Waals surface area (Å²) in [6.07, 6.45) is 1.85. The fraction of sp³-hybridized carbons (Fsp3) is 0.133. The van der Waals surface area contributed by atoms with Crippen LogP contribution < -0.4 is 0 Å². The van der Waals surface area contributed by atoms with E-state index in [1.54, 1.807) is 0 Å². The Morgan fingerprint density at radius 3 is 2.73 bits per heavy atom. The number of hydrogen-bond acceptors (Lipinski definition) is 4. The zero-order valence-corrected chi connectivity index (χ0v) is 12.3. The first-order valence-corrected chi connectivity index (χ1v) is 6.56. The van der Waals surface area contributed by atoms with E-state index in [1.165, 1.54) is 36.1 Å². The van der Waals surface area contributed by atoms with E-state index in [1.807, 2.05) is 0 Å². The molecule has 2 aromatic rings. The minimum Gasteiger partial charge on any atom is -0.464 e. The SMILES string of the molecule is COC(=O)c1cc(C=O)cn1CC(=O)c1cc(Cl)ccc1F. The van der Waals surface area contributed by atoms with Crippen LogP contribution >= 0.6 is 11.6 Å². The number of ketones is 1. The highest BCUT2D eigenvalue weighted by Gasteiger charge is 2.19. The first-order valence-electron chi connectivity index (χ1n) is 6.18. The number of benzene rings is 1. The average molecular weight is 324 g/mol. The Hall–Kier alpha value is -2.47. The van der Waals surface area contributed by atoms with Crippen molar-refractivity contribution in [3.05, 3.63) is 58.1 Å². The van der Waals surface area contributed by atoms with Crippen molar-refractivity contribution in [2.45, 2.75) is 6.54 Å². The van der Waals surface area contributed by atoms with Crippen molar-refractivity contribution in [1.82, 2.24) is 4.57 Å². The maximum Gasteiger partial charge on any atom is 0.354 e. The smallest absolute Gasteiger partial charge is 0.354 e. The van der Waals surface area contributed by atoms with Crippen LogP contribution in [0.25, 0.3) is 0 Å². The number of carbonyl (C=O) groups excluding carboxylic acids is 3. The van der Waals surface area contributed by atoms with Crippen LogP contribution in [0.15, 0.2) is 30.5 Å². The molecule has 0 aliphatic rings. The Balaban J connectivity index is 2.35. The molecule has 5 nitrogen and oxygen atoms in total. The molecule has 0 N–H and O–H groups in total. The van der Waals surface area contributed by atoms with E-state index < -0.39 is 17.6 Å². The predicted molar refractivity (Wildman–Crippen MR) is 76.9 cm³/mol. The number of hydrogen-bond donors (Lipinski definition) is 0. The molecule has 22 heavy (non-hydrogen) atoms. The number of aldehydes is 1. The van der Waals surface area contributed by atoms with Crippen LogP contribution in [0, 0.1) is 5.82 Å². The molecular weight excluding hydrogens is 313 g/mol. The minimum absolute atomic E-state index is 0.0281.